The van der Waals surface area contributed by atoms with Crippen LogP contribution in [0.3, 0.4) is 0 Å². The predicted molar refractivity (Wildman–Crippen MR) is 99.0 cm³/mol. The molecule has 0 bridgehead atoms. The van der Waals surface area contributed by atoms with Gasteiger partial charge in [0.2, 0.25) is 0 Å². The fourth-order valence-electron chi connectivity index (χ4n) is 3.16. The highest BCUT2D eigenvalue weighted by molar-refractivity contribution is 5.89. The van der Waals surface area contributed by atoms with Gasteiger partial charge in [-0.1, -0.05) is 6.07 Å². The second-order valence-corrected chi connectivity index (χ2v) is 6.47. The Kier molecular flexibility index (Phi) is 5.61. The molecule has 1 saturated heterocycles. The minimum Gasteiger partial charge on any atom is -0.493 e. The van der Waals surface area contributed by atoms with Gasteiger partial charge in [0.15, 0.2) is 0 Å². The van der Waals surface area contributed by atoms with Gasteiger partial charge in [-0.25, -0.2) is 9.18 Å². The number of piperidine rings is 1. The third-order valence-corrected chi connectivity index (χ3v) is 4.67. The van der Waals surface area contributed by atoms with Crippen LogP contribution in [0.5, 0.6) is 5.75 Å². The Labute approximate surface area is 152 Å². The van der Waals surface area contributed by atoms with E-state index in [1.165, 1.54) is 13.2 Å². The maximum absolute atomic E-state index is 14.0. The maximum atomic E-state index is 14.0. The highest BCUT2D eigenvalue weighted by Gasteiger charge is 2.22. The first-order valence-electron chi connectivity index (χ1n) is 8.68. The molecule has 3 rings (SSSR count). The van der Waals surface area contributed by atoms with E-state index in [1.807, 2.05) is 11.0 Å². The Hall–Kier alpha value is -2.76. The number of nitrogens with zero attached hydrogens (tertiary/aromatic N) is 1. The van der Waals surface area contributed by atoms with Crippen molar-refractivity contribution in [3.63, 3.8) is 0 Å². The van der Waals surface area contributed by atoms with Crippen LogP contribution >= 0.6 is 0 Å². The van der Waals surface area contributed by atoms with Gasteiger partial charge in [0.05, 0.1) is 25.0 Å². The summed E-state index contributed by atoms with van der Waals surface area (Å²) < 4.78 is 24.6. The van der Waals surface area contributed by atoms with Crippen LogP contribution in [-0.4, -0.2) is 32.8 Å². The molecule has 6 heteroatoms. The summed E-state index contributed by atoms with van der Waals surface area (Å²) >= 11 is 0. The molecule has 2 aromatic carbocycles. The Morgan fingerprint density at radius 2 is 2.00 bits per heavy atom. The average molecular weight is 358 g/mol. The van der Waals surface area contributed by atoms with Crippen LogP contribution < -0.4 is 15.4 Å². The summed E-state index contributed by atoms with van der Waals surface area (Å²) in [4.78, 5) is 13.6. The summed E-state index contributed by atoms with van der Waals surface area (Å²) in [7, 11) is 1.35. The number of carbonyl (C=O) groups excluding carboxylic acids is 1. The van der Waals surface area contributed by atoms with Crippen LogP contribution in [0.15, 0.2) is 42.5 Å². The van der Waals surface area contributed by atoms with Gasteiger partial charge in [-0.05, 0) is 55.2 Å². The van der Waals surface area contributed by atoms with Crippen molar-refractivity contribution in [3.8, 4) is 5.75 Å². The lowest BCUT2D eigenvalue weighted by atomic mass is 9.97. The van der Waals surface area contributed by atoms with Crippen molar-refractivity contribution in [2.45, 2.75) is 12.8 Å². The molecule has 1 aliphatic heterocycles. The van der Waals surface area contributed by atoms with E-state index >= 15 is 0 Å². The van der Waals surface area contributed by atoms with Crippen molar-refractivity contribution in [3.05, 3.63) is 53.8 Å². The number of hydrogen-bond acceptors (Lipinski definition) is 5. The van der Waals surface area contributed by atoms with E-state index in [0.29, 0.717) is 35.2 Å². The summed E-state index contributed by atoms with van der Waals surface area (Å²) in [6, 6.07) is 11.8. The first-order chi connectivity index (χ1) is 12.6. The smallest absolute Gasteiger partial charge is 0.337 e. The van der Waals surface area contributed by atoms with Crippen LogP contribution in [0, 0.1) is 11.7 Å². The number of esters is 1. The molecule has 2 N–H and O–H groups in total. The predicted octanol–water partition coefficient (Wildman–Crippen LogP) is 3.49. The molecule has 1 aliphatic rings. The zero-order valence-corrected chi connectivity index (χ0v) is 14.8. The topological polar surface area (TPSA) is 64.8 Å². The zero-order valence-electron chi connectivity index (χ0n) is 14.8. The second-order valence-electron chi connectivity index (χ2n) is 6.47. The van der Waals surface area contributed by atoms with Crippen LogP contribution in [0.1, 0.15) is 23.2 Å². The monoisotopic (exact) mass is 358 g/mol. The minimum absolute atomic E-state index is 0.278. The molecule has 0 saturated carbocycles. The van der Waals surface area contributed by atoms with Gasteiger partial charge in [-0.3, -0.25) is 0 Å². The summed E-state index contributed by atoms with van der Waals surface area (Å²) in [5.74, 6) is 0.387. The van der Waals surface area contributed by atoms with E-state index in [2.05, 4.69) is 0 Å². The molecule has 5 nitrogen and oxygen atoms in total. The van der Waals surface area contributed by atoms with E-state index in [1.54, 1.807) is 30.3 Å². The molecular weight excluding hydrogens is 335 g/mol. The van der Waals surface area contributed by atoms with Crippen molar-refractivity contribution in [2.75, 3.05) is 37.4 Å². The third kappa shape index (κ3) is 4.25. The lowest BCUT2D eigenvalue weighted by Crippen LogP contribution is -2.36. The van der Waals surface area contributed by atoms with E-state index in [0.717, 1.165) is 25.9 Å². The summed E-state index contributed by atoms with van der Waals surface area (Å²) in [6.45, 7) is 2.12. The molecule has 0 amide bonds. The number of hydrogen-bond donors (Lipinski definition) is 1. The molecule has 0 unspecified atom stereocenters. The first-order valence-corrected chi connectivity index (χ1v) is 8.68. The number of halogens is 1. The molecule has 0 radical (unpaired) electrons. The van der Waals surface area contributed by atoms with Crippen LogP contribution in [0.25, 0.3) is 0 Å². The molecule has 0 aromatic heterocycles. The van der Waals surface area contributed by atoms with Gasteiger partial charge >= 0.3 is 5.97 Å². The Morgan fingerprint density at radius 1 is 1.23 bits per heavy atom. The van der Waals surface area contributed by atoms with Crippen LogP contribution in [0.2, 0.25) is 0 Å². The van der Waals surface area contributed by atoms with Crippen molar-refractivity contribution in [1.29, 1.82) is 0 Å². The first kappa shape index (κ1) is 18.0. The minimum atomic E-state index is -0.380. The normalized spacial score (nSPS) is 14.9. The number of benzene rings is 2. The van der Waals surface area contributed by atoms with Gasteiger partial charge in [0.1, 0.15) is 11.6 Å². The van der Waals surface area contributed by atoms with Gasteiger partial charge in [-0.15, -0.1) is 0 Å². The fourth-order valence-corrected chi connectivity index (χ4v) is 3.16. The highest BCUT2D eigenvalue weighted by Crippen LogP contribution is 2.27. The zero-order chi connectivity index (χ0) is 18.5. The van der Waals surface area contributed by atoms with Crippen LogP contribution in [-0.2, 0) is 4.74 Å². The largest absolute Gasteiger partial charge is 0.493 e. The number of carbonyl (C=O) groups is 1. The maximum Gasteiger partial charge on any atom is 0.337 e. The number of nitrogen functional groups attached to an aromatic ring is 1. The van der Waals surface area contributed by atoms with Gasteiger partial charge in [0, 0.05) is 18.8 Å². The van der Waals surface area contributed by atoms with Crippen molar-refractivity contribution in [1.82, 2.24) is 0 Å². The number of rotatable bonds is 5. The third-order valence-electron chi connectivity index (χ3n) is 4.67. The molecule has 2 aromatic rings. The summed E-state index contributed by atoms with van der Waals surface area (Å²) in [5.41, 5.74) is 7.11. The van der Waals surface area contributed by atoms with E-state index in [4.69, 9.17) is 15.2 Å². The molecule has 26 heavy (non-hydrogen) atoms. The molecule has 0 aliphatic carbocycles. The van der Waals surface area contributed by atoms with E-state index < -0.39 is 0 Å². The van der Waals surface area contributed by atoms with Gasteiger partial charge in [0.25, 0.3) is 0 Å². The van der Waals surface area contributed by atoms with Crippen molar-refractivity contribution in [2.24, 2.45) is 5.92 Å². The molecule has 138 valence electrons. The molecule has 0 spiro atoms. The molecule has 1 fully saturated rings. The number of nitrogens with two attached hydrogens (primary N) is 1. The molecular formula is C20H23FN2O3. The summed E-state index contributed by atoms with van der Waals surface area (Å²) in [6.07, 6.45) is 1.83. The SMILES string of the molecule is COC(=O)c1cccc(OCC2CCN(c3ccc(N)cc3F)CC2)c1. The lowest BCUT2D eigenvalue weighted by Gasteiger charge is -2.33. The average Bonchev–Trinajstić information content (AvgIpc) is 2.66. The molecule has 1 heterocycles. The van der Waals surface area contributed by atoms with Crippen molar-refractivity contribution >= 4 is 17.3 Å². The quantitative estimate of drug-likeness (QED) is 0.655. The Balaban J connectivity index is 1.52. The Bertz CT molecular complexity index is 773. The summed E-state index contributed by atoms with van der Waals surface area (Å²) in [5, 5.41) is 0. The van der Waals surface area contributed by atoms with Gasteiger partial charge < -0.3 is 20.1 Å². The van der Waals surface area contributed by atoms with Crippen LogP contribution in [0.4, 0.5) is 15.8 Å². The number of anilines is 2. The van der Waals surface area contributed by atoms with E-state index in [-0.39, 0.29) is 11.8 Å². The van der Waals surface area contributed by atoms with Crippen molar-refractivity contribution < 1.29 is 18.7 Å². The lowest BCUT2D eigenvalue weighted by molar-refractivity contribution is 0.0600. The van der Waals surface area contributed by atoms with Gasteiger partial charge in [-0.2, -0.15) is 0 Å². The second kappa shape index (κ2) is 8.08. The molecule has 0 atom stereocenters. The number of ether oxygens (including phenoxy) is 2. The highest BCUT2D eigenvalue weighted by atomic mass is 19.1. The standard InChI is InChI=1S/C20H23FN2O3/c1-25-20(24)15-3-2-4-17(11-15)26-13-14-7-9-23(10-8-14)19-6-5-16(22)12-18(19)21/h2-6,11-12,14H,7-10,13,22H2,1H3. The Morgan fingerprint density at radius 3 is 2.69 bits per heavy atom. The van der Waals surface area contributed by atoms with E-state index in [9.17, 15) is 9.18 Å². The fraction of sp³-hybridized carbons (Fsp3) is 0.350. The number of methoxy groups -OCH3 is 1.